The predicted molar refractivity (Wildman–Crippen MR) is 58.0 cm³/mol. The van der Waals surface area contributed by atoms with Gasteiger partial charge in [0.25, 0.3) is 0 Å². The van der Waals surface area contributed by atoms with Crippen molar-refractivity contribution in [1.29, 1.82) is 0 Å². The molecule has 0 N–H and O–H groups in total. The Balaban J connectivity index is 2.23. The lowest BCUT2D eigenvalue weighted by molar-refractivity contribution is -0.137. The van der Waals surface area contributed by atoms with Crippen molar-refractivity contribution >= 4 is 17.1 Å². The Morgan fingerprint density at radius 2 is 2.00 bits per heavy atom. The summed E-state index contributed by atoms with van der Waals surface area (Å²) in [6, 6.07) is 0. The fraction of sp³-hybridized carbons (Fsp3) is 0.636. The number of aromatic nitrogens is 1. The second-order valence-electron chi connectivity index (χ2n) is 4.62. The standard InChI is InChI=1S/C11H12F3NOS/c1-10(4-2-3-5-10)8(16)7-6-15-9(17-7)11(12,13)14/h6H,2-5H2,1H3. The first-order valence-electron chi connectivity index (χ1n) is 5.41. The summed E-state index contributed by atoms with van der Waals surface area (Å²) < 4.78 is 37.1. The summed E-state index contributed by atoms with van der Waals surface area (Å²) >= 11 is 0.448. The van der Waals surface area contributed by atoms with E-state index in [1.165, 1.54) is 0 Å². The summed E-state index contributed by atoms with van der Waals surface area (Å²) in [5, 5.41) is -0.942. The van der Waals surface area contributed by atoms with Gasteiger partial charge in [0.2, 0.25) is 0 Å². The third-order valence-electron chi connectivity index (χ3n) is 3.23. The lowest BCUT2D eigenvalue weighted by Crippen LogP contribution is -2.23. The van der Waals surface area contributed by atoms with Crippen LogP contribution in [0.4, 0.5) is 13.2 Å². The highest BCUT2D eigenvalue weighted by atomic mass is 32.1. The number of nitrogens with zero attached hydrogens (tertiary/aromatic N) is 1. The highest BCUT2D eigenvalue weighted by Gasteiger charge is 2.40. The SMILES string of the molecule is CC1(C(=O)c2cnc(C(F)(F)F)s2)CCCC1. The Kier molecular flexibility index (Phi) is 3.01. The number of Topliss-reactive ketones (excluding diaryl/α,β-unsaturated/α-hetero) is 1. The molecule has 94 valence electrons. The van der Waals surface area contributed by atoms with E-state index < -0.39 is 16.6 Å². The normalized spacial score (nSPS) is 19.5. The number of hydrogen-bond donors (Lipinski definition) is 0. The molecule has 0 amide bonds. The Morgan fingerprint density at radius 1 is 1.41 bits per heavy atom. The summed E-state index contributed by atoms with van der Waals surface area (Å²) in [7, 11) is 0. The lowest BCUT2D eigenvalue weighted by Gasteiger charge is -2.20. The zero-order chi connectivity index (χ0) is 12.7. The third-order valence-corrected chi connectivity index (χ3v) is 4.27. The van der Waals surface area contributed by atoms with Crippen molar-refractivity contribution in [2.24, 2.45) is 5.41 Å². The van der Waals surface area contributed by atoms with Crippen molar-refractivity contribution in [2.45, 2.75) is 38.8 Å². The number of thiazole rings is 1. The molecule has 1 heterocycles. The van der Waals surface area contributed by atoms with Crippen LogP contribution in [-0.4, -0.2) is 10.8 Å². The minimum atomic E-state index is -4.46. The summed E-state index contributed by atoms with van der Waals surface area (Å²) in [4.78, 5) is 15.5. The highest BCUT2D eigenvalue weighted by Crippen LogP contribution is 2.42. The number of carbonyl (C=O) groups excluding carboxylic acids is 1. The summed E-state index contributed by atoms with van der Waals surface area (Å²) in [6.07, 6.45) is 0.0374. The van der Waals surface area contributed by atoms with Gasteiger partial charge in [0.1, 0.15) is 0 Å². The number of ketones is 1. The molecule has 0 aromatic carbocycles. The van der Waals surface area contributed by atoms with Gasteiger partial charge in [-0.15, -0.1) is 11.3 Å². The monoisotopic (exact) mass is 263 g/mol. The van der Waals surface area contributed by atoms with Crippen molar-refractivity contribution in [3.63, 3.8) is 0 Å². The Hall–Kier alpha value is -0.910. The molecule has 0 radical (unpaired) electrons. The minimum absolute atomic E-state index is 0.127. The van der Waals surface area contributed by atoms with E-state index in [0.29, 0.717) is 11.3 Å². The first-order chi connectivity index (χ1) is 7.83. The van der Waals surface area contributed by atoms with Crippen molar-refractivity contribution in [3.05, 3.63) is 16.1 Å². The predicted octanol–water partition coefficient (Wildman–Crippen LogP) is 3.92. The molecule has 0 bridgehead atoms. The minimum Gasteiger partial charge on any atom is -0.293 e. The average Bonchev–Trinajstić information content (AvgIpc) is 2.84. The smallest absolute Gasteiger partial charge is 0.293 e. The Bertz CT molecular complexity index is 432. The maximum Gasteiger partial charge on any atom is 0.443 e. The van der Waals surface area contributed by atoms with E-state index in [0.717, 1.165) is 31.9 Å². The van der Waals surface area contributed by atoms with Crippen LogP contribution in [0.1, 0.15) is 47.3 Å². The van der Waals surface area contributed by atoms with Gasteiger partial charge in [0, 0.05) is 11.6 Å². The molecule has 1 aromatic heterocycles. The molecular formula is C11H12F3NOS. The largest absolute Gasteiger partial charge is 0.443 e. The van der Waals surface area contributed by atoms with E-state index in [2.05, 4.69) is 4.98 Å². The first-order valence-corrected chi connectivity index (χ1v) is 6.22. The zero-order valence-electron chi connectivity index (χ0n) is 9.30. The quantitative estimate of drug-likeness (QED) is 0.757. The fourth-order valence-electron chi connectivity index (χ4n) is 2.19. The molecule has 6 heteroatoms. The van der Waals surface area contributed by atoms with Crippen LogP contribution in [-0.2, 0) is 6.18 Å². The van der Waals surface area contributed by atoms with Gasteiger partial charge in [-0.2, -0.15) is 13.2 Å². The topological polar surface area (TPSA) is 30.0 Å². The van der Waals surface area contributed by atoms with Gasteiger partial charge >= 0.3 is 6.18 Å². The molecule has 2 rings (SSSR count). The van der Waals surface area contributed by atoms with Crippen LogP contribution in [0.5, 0.6) is 0 Å². The lowest BCUT2D eigenvalue weighted by atomic mass is 9.83. The Labute approximate surface area is 101 Å². The second kappa shape index (κ2) is 4.08. The molecule has 17 heavy (non-hydrogen) atoms. The molecular weight excluding hydrogens is 251 g/mol. The van der Waals surface area contributed by atoms with E-state index >= 15 is 0 Å². The summed E-state index contributed by atoms with van der Waals surface area (Å²) in [5.74, 6) is -0.192. The zero-order valence-corrected chi connectivity index (χ0v) is 10.1. The van der Waals surface area contributed by atoms with Crippen molar-refractivity contribution in [1.82, 2.24) is 4.98 Å². The van der Waals surface area contributed by atoms with Crippen LogP contribution in [0, 0.1) is 5.41 Å². The third kappa shape index (κ3) is 2.36. The number of hydrogen-bond acceptors (Lipinski definition) is 3. The molecule has 0 saturated heterocycles. The molecule has 0 aliphatic heterocycles. The van der Waals surface area contributed by atoms with Crippen molar-refractivity contribution in [3.8, 4) is 0 Å². The van der Waals surface area contributed by atoms with Gasteiger partial charge in [-0.3, -0.25) is 4.79 Å². The van der Waals surface area contributed by atoms with Gasteiger partial charge in [0.15, 0.2) is 10.8 Å². The van der Waals surface area contributed by atoms with E-state index in [1.807, 2.05) is 6.92 Å². The van der Waals surface area contributed by atoms with Crippen molar-refractivity contribution < 1.29 is 18.0 Å². The highest BCUT2D eigenvalue weighted by molar-refractivity contribution is 7.13. The summed E-state index contributed by atoms with van der Waals surface area (Å²) in [5.41, 5.74) is -0.491. The molecule has 0 spiro atoms. The number of carbonyl (C=O) groups is 1. The van der Waals surface area contributed by atoms with E-state index in [1.54, 1.807) is 0 Å². The maximum atomic E-state index is 12.4. The fourth-order valence-corrected chi connectivity index (χ4v) is 3.06. The van der Waals surface area contributed by atoms with Crippen LogP contribution in [0.15, 0.2) is 6.20 Å². The van der Waals surface area contributed by atoms with Gasteiger partial charge in [-0.05, 0) is 12.8 Å². The molecule has 1 aliphatic carbocycles. The van der Waals surface area contributed by atoms with Gasteiger partial charge in [-0.1, -0.05) is 19.8 Å². The maximum absolute atomic E-state index is 12.4. The van der Waals surface area contributed by atoms with E-state index in [-0.39, 0.29) is 10.7 Å². The average molecular weight is 263 g/mol. The van der Waals surface area contributed by atoms with Crippen LogP contribution in [0.2, 0.25) is 0 Å². The van der Waals surface area contributed by atoms with E-state index in [9.17, 15) is 18.0 Å². The molecule has 2 nitrogen and oxygen atoms in total. The van der Waals surface area contributed by atoms with Crippen LogP contribution >= 0.6 is 11.3 Å². The van der Waals surface area contributed by atoms with Gasteiger partial charge in [-0.25, -0.2) is 4.98 Å². The van der Waals surface area contributed by atoms with Gasteiger partial charge in [0.05, 0.1) is 4.88 Å². The number of rotatable bonds is 2. The molecule has 1 aromatic rings. The molecule has 0 atom stereocenters. The first kappa shape index (κ1) is 12.5. The molecule has 1 aliphatic rings. The van der Waals surface area contributed by atoms with Crippen LogP contribution < -0.4 is 0 Å². The van der Waals surface area contributed by atoms with Crippen molar-refractivity contribution in [2.75, 3.05) is 0 Å². The van der Waals surface area contributed by atoms with Crippen LogP contribution in [0.3, 0.4) is 0 Å². The number of alkyl halides is 3. The molecule has 1 saturated carbocycles. The van der Waals surface area contributed by atoms with Gasteiger partial charge < -0.3 is 0 Å². The summed E-state index contributed by atoms with van der Waals surface area (Å²) in [6.45, 7) is 1.83. The molecule has 0 unspecified atom stereocenters. The van der Waals surface area contributed by atoms with E-state index in [4.69, 9.17) is 0 Å². The second-order valence-corrected chi connectivity index (χ2v) is 5.65. The van der Waals surface area contributed by atoms with Crippen LogP contribution in [0.25, 0.3) is 0 Å². The molecule has 1 fully saturated rings. The Morgan fingerprint density at radius 3 is 2.47 bits per heavy atom. The number of halogens is 3.